The van der Waals surface area contributed by atoms with Crippen molar-refractivity contribution in [3.8, 4) is 5.75 Å². The van der Waals surface area contributed by atoms with E-state index in [1.165, 1.54) is 11.8 Å². The first-order chi connectivity index (χ1) is 9.67. The predicted molar refractivity (Wildman–Crippen MR) is 76.5 cm³/mol. The van der Waals surface area contributed by atoms with Crippen LogP contribution in [0.15, 0.2) is 29.4 Å². The van der Waals surface area contributed by atoms with Crippen molar-refractivity contribution in [2.45, 2.75) is 6.04 Å². The Hall–Kier alpha value is -2.15. The van der Waals surface area contributed by atoms with Gasteiger partial charge in [0.1, 0.15) is 16.5 Å². The molecular weight excluding hydrogens is 278 g/mol. The number of hydrogen-bond acceptors (Lipinski definition) is 6. The number of thioether (sulfide) groups is 1. The van der Waals surface area contributed by atoms with Gasteiger partial charge in [-0.25, -0.2) is 9.78 Å². The van der Waals surface area contributed by atoms with Gasteiger partial charge < -0.3 is 9.84 Å². The van der Waals surface area contributed by atoms with Crippen molar-refractivity contribution < 1.29 is 14.6 Å². The molecule has 0 amide bonds. The number of methoxy groups -OCH3 is 1. The van der Waals surface area contributed by atoms with E-state index in [0.29, 0.717) is 16.5 Å². The number of aliphatic imine (C=N–C) groups is 1. The molecule has 1 aromatic heterocycles. The number of fused-ring (bicyclic) bond motifs is 1. The van der Waals surface area contributed by atoms with Crippen LogP contribution in [-0.2, 0) is 4.79 Å². The van der Waals surface area contributed by atoms with Crippen molar-refractivity contribution in [3.05, 3.63) is 30.1 Å². The minimum Gasteiger partial charge on any atom is -0.497 e. The fraction of sp³-hybridized carbons (Fsp3) is 0.231. The molecule has 0 radical (unpaired) electrons. The van der Waals surface area contributed by atoms with E-state index < -0.39 is 12.0 Å². The smallest absolute Gasteiger partial charge is 0.329 e. The Bertz CT molecular complexity index is 717. The zero-order valence-electron chi connectivity index (χ0n) is 10.6. The van der Waals surface area contributed by atoms with Gasteiger partial charge in [0.25, 0.3) is 0 Å². The number of aliphatic carboxylic acids is 1. The number of carboxylic acid groups (broad SMARTS) is 1. The van der Waals surface area contributed by atoms with Crippen LogP contribution < -0.4 is 4.74 Å². The fourth-order valence-electron chi connectivity index (χ4n) is 1.86. The summed E-state index contributed by atoms with van der Waals surface area (Å²) in [5, 5.41) is 9.56. The third kappa shape index (κ3) is 2.32. The van der Waals surface area contributed by atoms with Gasteiger partial charge in [-0.3, -0.25) is 9.98 Å². The molecule has 102 valence electrons. The van der Waals surface area contributed by atoms with Crippen LogP contribution in [0.5, 0.6) is 5.75 Å². The summed E-state index contributed by atoms with van der Waals surface area (Å²) in [5.41, 5.74) is 2.06. The summed E-state index contributed by atoms with van der Waals surface area (Å²) < 4.78 is 5.13. The van der Waals surface area contributed by atoms with Gasteiger partial charge in [0.05, 0.1) is 24.3 Å². The minimum absolute atomic E-state index is 0.437. The van der Waals surface area contributed by atoms with Gasteiger partial charge in [-0.15, -0.1) is 11.8 Å². The average Bonchev–Trinajstić information content (AvgIpc) is 2.96. The van der Waals surface area contributed by atoms with Gasteiger partial charge in [0.15, 0.2) is 6.04 Å². The molecular formula is C13H11N3O3S. The molecule has 0 fully saturated rings. The molecule has 6 nitrogen and oxygen atoms in total. The van der Waals surface area contributed by atoms with Crippen molar-refractivity contribution in [2.24, 2.45) is 4.99 Å². The summed E-state index contributed by atoms with van der Waals surface area (Å²) in [7, 11) is 1.60. The fourth-order valence-corrected chi connectivity index (χ4v) is 2.84. The van der Waals surface area contributed by atoms with Crippen molar-refractivity contribution >= 4 is 33.8 Å². The molecule has 0 saturated heterocycles. The second-order valence-electron chi connectivity index (χ2n) is 4.21. The number of ether oxygens (including phenoxy) is 1. The summed E-state index contributed by atoms with van der Waals surface area (Å²) >= 11 is 1.39. The summed E-state index contributed by atoms with van der Waals surface area (Å²) in [5.74, 6) is 0.247. The standard InChI is InChI=1S/C13H11N3O3S/c1-19-7-2-3-8-9(4-7)14-5-10(15-8)12-16-11(6-20-12)13(17)18/h2-5,11H,6H2,1H3,(H,17,18). The van der Waals surface area contributed by atoms with E-state index in [-0.39, 0.29) is 0 Å². The second-order valence-corrected chi connectivity index (χ2v) is 5.22. The quantitative estimate of drug-likeness (QED) is 0.923. The maximum Gasteiger partial charge on any atom is 0.329 e. The first kappa shape index (κ1) is 12.9. The third-order valence-electron chi connectivity index (χ3n) is 2.90. The van der Waals surface area contributed by atoms with Crippen LogP contribution >= 0.6 is 11.8 Å². The van der Waals surface area contributed by atoms with Crippen molar-refractivity contribution in [1.82, 2.24) is 9.97 Å². The summed E-state index contributed by atoms with van der Waals surface area (Å²) in [4.78, 5) is 23.8. The highest BCUT2D eigenvalue weighted by atomic mass is 32.2. The number of hydrogen-bond donors (Lipinski definition) is 1. The van der Waals surface area contributed by atoms with Gasteiger partial charge >= 0.3 is 5.97 Å². The summed E-state index contributed by atoms with van der Waals surface area (Å²) in [6.07, 6.45) is 1.61. The minimum atomic E-state index is -0.911. The van der Waals surface area contributed by atoms with E-state index >= 15 is 0 Å². The largest absolute Gasteiger partial charge is 0.497 e. The molecule has 1 aliphatic heterocycles. The van der Waals surface area contributed by atoms with Crippen LogP contribution in [0.3, 0.4) is 0 Å². The predicted octanol–water partition coefficient (Wildman–Crippen LogP) is 1.58. The van der Waals surface area contributed by atoms with Crippen molar-refractivity contribution in [3.63, 3.8) is 0 Å². The summed E-state index contributed by atoms with van der Waals surface area (Å²) in [6, 6.07) is 4.74. The molecule has 0 bridgehead atoms. The Morgan fingerprint density at radius 1 is 1.45 bits per heavy atom. The molecule has 2 heterocycles. The molecule has 1 unspecified atom stereocenters. The Labute approximate surface area is 118 Å². The second kappa shape index (κ2) is 5.09. The number of rotatable bonds is 3. The van der Waals surface area contributed by atoms with Gasteiger partial charge in [-0.05, 0) is 12.1 Å². The Kier molecular flexibility index (Phi) is 3.27. The number of nitrogens with zero attached hydrogens (tertiary/aromatic N) is 3. The van der Waals surface area contributed by atoms with E-state index in [0.717, 1.165) is 16.8 Å². The molecule has 0 aliphatic carbocycles. The van der Waals surface area contributed by atoms with Gasteiger partial charge in [-0.1, -0.05) is 0 Å². The maximum absolute atomic E-state index is 10.9. The third-order valence-corrected chi connectivity index (χ3v) is 3.97. The SMILES string of the molecule is COc1ccc2nc(C3=NC(C(=O)O)CS3)cnc2c1. The monoisotopic (exact) mass is 289 g/mol. The Morgan fingerprint density at radius 2 is 2.30 bits per heavy atom. The lowest BCUT2D eigenvalue weighted by Crippen LogP contribution is -2.17. The number of carboxylic acids is 1. The van der Waals surface area contributed by atoms with E-state index in [1.807, 2.05) is 12.1 Å². The molecule has 1 aromatic carbocycles. The number of carbonyl (C=O) groups is 1. The van der Waals surface area contributed by atoms with Crippen LogP contribution in [0.25, 0.3) is 11.0 Å². The van der Waals surface area contributed by atoms with Gasteiger partial charge in [-0.2, -0.15) is 0 Å². The molecule has 3 rings (SSSR count). The Morgan fingerprint density at radius 3 is 3.00 bits per heavy atom. The zero-order valence-corrected chi connectivity index (χ0v) is 11.4. The van der Waals surface area contributed by atoms with Crippen molar-refractivity contribution in [1.29, 1.82) is 0 Å². The van der Waals surface area contributed by atoms with Gasteiger partial charge in [0.2, 0.25) is 0 Å². The van der Waals surface area contributed by atoms with Crippen molar-refractivity contribution in [2.75, 3.05) is 12.9 Å². The topological polar surface area (TPSA) is 84.7 Å². The van der Waals surface area contributed by atoms with E-state index in [2.05, 4.69) is 15.0 Å². The molecule has 20 heavy (non-hydrogen) atoms. The van der Waals surface area contributed by atoms with Crippen LogP contribution in [0.4, 0.5) is 0 Å². The first-order valence-electron chi connectivity index (χ1n) is 5.92. The Balaban J connectivity index is 1.98. The number of benzene rings is 1. The molecule has 1 N–H and O–H groups in total. The van der Waals surface area contributed by atoms with E-state index in [4.69, 9.17) is 9.84 Å². The van der Waals surface area contributed by atoms with Crippen LogP contribution in [-0.4, -0.2) is 45.0 Å². The molecule has 7 heteroatoms. The lowest BCUT2D eigenvalue weighted by Gasteiger charge is -2.03. The first-order valence-corrected chi connectivity index (χ1v) is 6.90. The summed E-state index contributed by atoms with van der Waals surface area (Å²) in [6.45, 7) is 0. The lowest BCUT2D eigenvalue weighted by atomic mass is 10.2. The molecule has 0 saturated carbocycles. The molecule has 0 spiro atoms. The molecule has 2 aromatic rings. The van der Waals surface area contributed by atoms with Crippen LogP contribution in [0, 0.1) is 0 Å². The normalized spacial score (nSPS) is 18.1. The van der Waals surface area contributed by atoms with Crippen LogP contribution in [0.2, 0.25) is 0 Å². The van der Waals surface area contributed by atoms with Crippen LogP contribution in [0.1, 0.15) is 5.69 Å². The molecule has 1 atom stereocenters. The lowest BCUT2D eigenvalue weighted by molar-refractivity contribution is -0.137. The van der Waals surface area contributed by atoms with Gasteiger partial charge in [0, 0.05) is 11.8 Å². The van der Waals surface area contributed by atoms with E-state index in [1.54, 1.807) is 19.4 Å². The number of aromatic nitrogens is 2. The highest BCUT2D eigenvalue weighted by Crippen LogP contribution is 2.24. The molecule has 1 aliphatic rings. The maximum atomic E-state index is 10.9. The zero-order chi connectivity index (χ0) is 14.1. The van der Waals surface area contributed by atoms with E-state index in [9.17, 15) is 4.79 Å². The average molecular weight is 289 g/mol. The highest BCUT2D eigenvalue weighted by Gasteiger charge is 2.26. The highest BCUT2D eigenvalue weighted by molar-refractivity contribution is 8.14.